The number of rotatable bonds is 15. The molecule has 14 nitrogen and oxygen atoms in total. The Morgan fingerprint density at radius 1 is 0.694 bits per heavy atom. The summed E-state index contributed by atoms with van der Waals surface area (Å²) in [6, 6.07) is 0. The van der Waals surface area contributed by atoms with E-state index in [0.717, 1.165) is 0 Å². The summed E-state index contributed by atoms with van der Waals surface area (Å²) in [7, 11) is 7.33. The molecule has 210 valence electrons. The van der Waals surface area contributed by atoms with Gasteiger partial charge in [0.05, 0.1) is 25.4 Å². The molecule has 36 heavy (non-hydrogen) atoms. The fourth-order valence-electron chi connectivity index (χ4n) is 4.49. The Labute approximate surface area is 209 Å². The van der Waals surface area contributed by atoms with Gasteiger partial charge in [-0.3, -0.25) is 0 Å². The molecule has 0 bridgehead atoms. The summed E-state index contributed by atoms with van der Waals surface area (Å²) in [6.45, 7) is 0.857. The van der Waals surface area contributed by atoms with Crippen molar-refractivity contribution in [2.24, 2.45) is 5.92 Å². The Bertz CT molecular complexity index is 677. The number of hydrogen-bond donors (Lipinski definition) is 2. The third kappa shape index (κ3) is 7.77. The zero-order valence-electron chi connectivity index (χ0n) is 21.4. The molecule has 2 aliphatic heterocycles. The molecule has 2 heterocycles. The van der Waals surface area contributed by atoms with Gasteiger partial charge in [-0.05, 0) is 0 Å². The van der Waals surface area contributed by atoms with Crippen LogP contribution in [0.25, 0.3) is 0 Å². The van der Waals surface area contributed by atoms with E-state index >= 15 is 0 Å². The molecule has 0 aromatic carbocycles. The SMILES string of the molecule is COCC1OC(OC)C(OCC(=O)O)C(OC)[C@H]1OC1OC(COCC(=O)O)[C@@H](C)C(OC)[C@@H]1OC. The second-order valence-corrected chi connectivity index (χ2v) is 8.42. The zero-order valence-corrected chi connectivity index (χ0v) is 21.4. The maximum atomic E-state index is 11.1. The number of aliphatic carboxylic acids is 2. The van der Waals surface area contributed by atoms with Crippen LogP contribution in [0.4, 0.5) is 0 Å². The van der Waals surface area contributed by atoms with Crippen molar-refractivity contribution in [2.75, 3.05) is 62.0 Å². The Kier molecular flexibility index (Phi) is 12.9. The van der Waals surface area contributed by atoms with Crippen LogP contribution in [-0.2, 0) is 57.0 Å². The molecule has 2 aliphatic rings. The Hall–Kier alpha value is -1.46. The van der Waals surface area contributed by atoms with Gasteiger partial charge in [0.15, 0.2) is 12.6 Å². The number of methoxy groups -OCH3 is 5. The first kappa shape index (κ1) is 30.8. The first-order valence-corrected chi connectivity index (χ1v) is 11.4. The summed E-state index contributed by atoms with van der Waals surface area (Å²) >= 11 is 0. The summed E-state index contributed by atoms with van der Waals surface area (Å²) in [5.74, 6) is -2.50. The van der Waals surface area contributed by atoms with Crippen LogP contribution in [0, 0.1) is 5.92 Å². The van der Waals surface area contributed by atoms with Gasteiger partial charge >= 0.3 is 11.9 Å². The molecule has 0 spiro atoms. The van der Waals surface area contributed by atoms with Crippen molar-refractivity contribution < 1.29 is 67.2 Å². The van der Waals surface area contributed by atoms with Crippen molar-refractivity contribution >= 4 is 11.9 Å². The highest BCUT2D eigenvalue weighted by molar-refractivity contribution is 5.68. The normalized spacial score (nSPS) is 37.1. The van der Waals surface area contributed by atoms with Crippen LogP contribution in [0.3, 0.4) is 0 Å². The predicted octanol–water partition coefficient (Wildman–Crippen LogP) is -0.634. The number of carbonyl (C=O) groups is 2. The molecular weight excluding hydrogens is 488 g/mol. The molecule has 0 aliphatic carbocycles. The van der Waals surface area contributed by atoms with E-state index in [1.807, 2.05) is 6.92 Å². The van der Waals surface area contributed by atoms with Gasteiger partial charge in [-0.15, -0.1) is 0 Å². The maximum Gasteiger partial charge on any atom is 0.329 e. The Morgan fingerprint density at radius 3 is 1.83 bits per heavy atom. The fourth-order valence-corrected chi connectivity index (χ4v) is 4.49. The first-order valence-electron chi connectivity index (χ1n) is 11.4. The minimum Gasteiger partial charge on any atom is -0.480 e. The van der Waals surface area contributed by atoms with Crippen LogP contribution in [0.15, 0.2) is 0 Å². The standard InChI is InChI=1S/C22H38O14/c1-11-12(8-32-9-14(23)24)34-22(19(30-5)16(11)28-3)36-17-13(7-27-2)35-21(31-6)20(18(17)29-4)33-10-15(25)26/h11-13,16-22H,7-10H2,1-6H3,(H,23,24)(H,25,26)/t11-,12?,13?,16?,17+,18?,19+,20?,21?,22?/m1/s1. The topological polar surface area (TPSA) is 167 Å². The maximum absolute atomic E-state index is 11.1. The average Bonchev–Trinajstić information content (AvgIpc) is 2.84. The van der Waals surface area contributed by atoms with Gasteiger partial charge in [-0.2, -0.15) is 0 Å². The monoisotopic (exact) mass is 526 g/mol. The van der Waals surface area contributed by atoms with Gasteiger partial charge in [-0.25, -0.2) is 9.59 Å². The minimum atomic E-state index is -1.17. The van der Waals surface area contributed by atoms with Crippen molar-refractivity contribution in [3.8, 4) is 0 Å². The highest BCUT2D eigenvalue weighted by Gasteiger charge is 2.52. The molecule has 0 aromatic heterocycles. The molecule has 2 N–H and O–H groups in total. The third-order valence-corrected chi connectivity index (χ3v) is 6.17. The molecule has 2 fully saturated rings. The quantitative estimate of drug-likeness (QED) is 0.277. The number of carboxylic acids is 2. The van der Waals surface area contributed by atoms with E-state index in [9.17, 15) is 9.59 Å². The highest BCUT2D eigenvalue weighted by Crippen LogP contribution is 2.35. The number of hydrogen-bond acceptors (Lipinski definition) is 12. The number of carboxylic acid groups (broad SMARTS) is 2. The molecule has 0 aromatic rings. The third-order valence-electron chi connectivity index (χ3n) is 6.17. The van der Waals surface area contributed by atoms with E-state index in [1.54, 1.807) is 0 Å². The molecule has 7 unspecified atom stereocenters. The van der Waals surface area contributed by atoms with Crippen LogP contribution in [0.2, 0.25) is 0 Å². The van der Waals surface area contributed by atoms with E-state index in [-0.39, 0.29) is 19.1 Å². The van der Waals surface area contributed by atoms with E-state index in [2.05, 4.69) is 0 Å². The second kappa shape index (κ2) is 15.1. The lowest BCUT2D eigenvalue weighted by Gasteiger charge is -2.49. The lowest BCUT2D eigenvalue weighted by molar-refractivity contribution is -0.361. The lowest BCUT2D eigenvalue weighted by Crippen LogP contribution is -2.65. The molecule has 0 radical (unpaired) electrons. The van der Waals surface area contributed by atoms with E-state index < -0.39 is 80.5 Å². The molecular formula is C22H38O14. The van der Waals surface area contributed by atoms with Crippen molar-refractivity contribution in [2.45, 2.75) is 62.2 Å². The predicted molar refractivity (Wildman–Crippen MR) is 118 cm³/mol. The van der Waals surface area contributed by atoms with Crippen LogP contribution in [0.1, 0.15) is 6.92 Å². The van der Waals surface area contributed by atoms with Crippen LogP contribution >= 0.6 is 0 Å². The Morgan fingerprint density at radius 2 is 1.31 bits per heavy atom. The summed E-state index contributed by atoms with van der Waals surface area (Å²) < 4.78 is 57.0. The van der Waals surface area contributed by atoms with E-state index in [0.29, 0.717) is 0 Å². The molecule has 14 heteroatoms. The summed E-state index contributed by atoms with van der Waals surface area (Å²) in [5, 5.41) is 18.0. The van der Waals surface area contributed by atoms with E-state index in [1.165, 1.54) is 35.5 Å². The van der Waals surface area contributed by atoms with Gasteiger partial charge < -0.3 is 57.6 Å². The highest BCUT2D eigenvalue weighted by atomic mass is 16.8. The van der Waals surface area contributed by atoms with Gasteiger partial charge in [0.1, 0.15) is 43.7 Å². The summed E-state index contributed by atoms with van der Waals surface area (Å²) in [5.41, 5.74) is 0. The summed E-state index contributed by atoms with van der Waals surface area (Å²) in [6.07, 6.45) is -7.08. The first-order chi connectivity index (χ1) is 17.2. The number of ether oxygens (including phenoxy) is 10. The van der Waals surface area contributed by atoms with Crippen LogP contribution in [-0.4, -0.2) is 139 Å². The Balaban J connectivity index is 2.32. The average molecular weight is 527 g/mol. The molecule has 2 saturated heterocycles. The van der Waals surface area contributed by atoms with Crippen LogP contribution < -0.4 is 0 Å². The van der Waals surface area contributed by atoms with Gasteiger partial charge in [0.25, 0.3) is 0 Å². The minimum absolute atomic E-state index is 0.0178. The fraction of sp³-hybridized carbons (Fsp3) is 0.909. The van der Waals surface area contributed by atoms with Crippen molar-refractivity contribution in [1.29, 1.82) is 0 Å². The zero-order chi connectivity index (χ0) is 26.8. The molecule has 10 atom stereocenters. The van der Waals surface area contributed by atoms with Crippen molar-refractivity contribution in [1.82, 2.24) is 0 Å². The van der Waals surface area contributed by atoms with Crippen LogP contribution in [0.5, 0.6) is 0 Å². The van der Waals surface area contributed by atoms with Gasteiger partial charge in [-0.1, -0.05) is 6.92 Å². The van der Waals surface area contributed by atoms with Gasteiger partial charge in [0, 0.05) is 41.5 Å². The van der Waals surface area contributed by atoms with E-state index in [4.69, 9.17) is 57.6 Å². The molecule has 2 rings (SSSR count). The smallest absolute Gasteiger partial charge is 0.329 e. The van der Waals surface area contributed by atoms with Crippen molar-refractivity contribution in [3.63, 3.8) is 0 Å². The summed E-state index contributed by atoms with van der Waals surface area (Å²) in [4.78, 5) is 22.0. The lowest BCUT2D eigenvalue weighted by atomic mass is 9.90. The van der Waals surface area contributed by atoms with Crippen molar-refractivity contribution in [3.05, 3.63) is 0 Å². The molecule has 0 amide bonds. The largest absolute Gasteiger partial charge is 0.480 e. The molecule has 0 saturated carbocycles. The second-order valence-electron chi connectivity index (χ2n) is 8.42. The van der Waals surface area contributed by atoms with Gasteiger partial charge in [0.2, 0.25) is 0 Å².